The summed E-state index contributed by atoms with van der Waals surface area (Å²) >= 11 is 3.13. The third-order valence-electron chi connectivity index (χ3n) is 2.81. The van der Waals surface area contributed by atoms with Crippen molar-refractivity contribution in [2.24, 2.45) is 0 Å². The van der Waals surface area contributed by atoms with E-state index in [0.29, 0.717) is 16.1 Å². The van der Waals surface area contributed by atoms with Gasteiger partial charge in [0.2, 0.25) is 5.88 Å². The van der Waals surface area contributed by atoms with E-state index in [1.54, 1.807) is 18.3 Å². The number of ether oxygens (including phenoxy) is 1. The van der Waals surface area contributed by atoms with Crippen molar-refractivity contribution in [3.63, 3.8) is 0 Å². The van der Waals surface area contributed by atoms with E-state index in [1.807, 2.05) is 26.1 Å². The highest BCUT2D eigenvalue weighted by molar-refractivity contribution is 9.10. The van der Waals surface area contributed by atoms with Crippen LogP contribution in [0, 0.1) is 5.82 Å². The summed E-state index contributed by atoms with van der Waals surface area (Å²) in [4.78, 5) is 4.22. The molecule has 1 atom stereocenters. The maximum Gasteiger partial charge on any atom is 0.223 e. The van der Waals surface area contributed by atoms with Gasteiger partial charge in [-0.25, -0.2) is 9.37 Å². The Balaban J connectivity index is 2.30. The number of aromatic nitrogens is 1. The van der Waals surface area contributed by atoms with E-state index in [1.165, 1.54) is 6.07 Å². The fourth-order valence-corrected chi connectivity index (χ4v) is 1.98. The van der Waals surface area contributed by atoms with Gasteiger partial charge in [0, 0.05) is 17.8 Å². The zero-order valence-corrected chi connectivity index (χ0v) is 12.2. The highest BCUT2D eigenvalue weighted by Crippen LogP contribution is 2.29. The van der Waals surface area contributed by atoms with Crippen LogP contribution in [0.1, 0.15) is 18.5 Å². The van der Waals surface area contributed by atoms with Gasteiger partial charge in [-0.15, -0.1) is 0 Å². The minimum atomic E-state index is -0.322. The zero-order chi connectivity index (χ0) is 13.8. The second-order valence-electron chi connectivity index (χ2n) is 4.09. The van der Waals surface area contributed by atoms with Crippen molar-refractivity contribution in [2.75, 3.05) is 7.05 Å². The molecular weight excluding hydrogens is 311 g/mol. The zero-order valence-electron chi connectivity index (χ0n) is 10.7. The summed E-state index contributed by atoms with van der Waals surface area (Å²) in [6.07, 6.45) is 1.67. The standard InChI is InChI=1S/C14H14BrFN2O/c1-9(17-2)11-4-3-7-18-14(11)19-10-5-6-13(16)12(15)8-10/h3-9,17H,1-2H3. The average Bonchev–Trinajstić information content (AvgIpc) is 2.43. The van der Waals surface area contributed by atoms with E-state index in [0.717, 1.165) is 5.56 Å². The lowest BCUT2D eigenvalue weighted by Crippen LogP contribution is -2.13. The van der Waals surface area contributed by atoms with Gasteiger partial charge < -0.3 is 10.1 Å². The smallest absolute Gasteiger partial charge is 0.223 e. The second-order valence-corrected chi connectivity index (χ2v) is 4.94. The van der Waals surface area contributed by atoms with Gasteiger partial charge in [0.05, 0.1) is 4.47 Å². The molecule has 1 unspecified atom stereocenters. The van der Waals surface area contributed by atoms with Crippen LogP contribution in [0.3, 0.4) is 0 Å². The lowest BCUT2D eigenvalue weighted by Gasteiger charge is -2.15. The molecule has 19 heavy (non-hydrogen) atoms. The topological polar surface area (TPSA) is 34.2 Å². The van der Waals surface area contributed by atoms with Gasteiger partial charge in [0.1, 0.15) is 11.6 Å². The first-order valence-corrected chi connectivity index (χ1v) is 6.66. The Morgan fingerprint density at radius 3 is 2.84 bits per heavy atom. The van der Waals surface area contributed by atoms with Crippen LogP contribution in [0.25, 0.3) is 0 Å². The van der Waals surface area contributed by atoms with Gasteiger partial charge in [0.25, 0.3) is 0 Å². The highest BCUT2D eigenvalue weighted by Gasteiger charge is 2.12. The van der Waals surface area contributed by atoms with Crippen molar-refractivity contribution in [3.05, 3.63) is 52.4 Å². The third-order valence-corrected chi connectivity index (χ3v) is 3.41. The molecule has 0 fully saturated rings. The number of rotatable bonds is 4. The van der Waals surface area contributed by atoms with Gasteiger partial charge in [-0.3, -0.25) is 0 Å². The molecule has 0 saturated carbocycles. The largest absolute Gasteiger partial charge is 0.439 e. The van der Waals surface area contributed by atoms with Crippen LogP contribution in [0.15, 0.2) is 41.0 Å². The van der Waals surface area contributed by atoms with Crippen molar-refractivity contribution in [2.45, 2.75) is 13.0 Å². The first kappa shape index (κ1) is 14.0. The molecule has 1 aromatic heterocycles. The minimum absolute atomic E-state index is 0.118. The number of pyridine rings is 1. The Kier molecular flexibility index (Phi) is 4.50. The van der Waals surface area contributed by atoms with Crippen molar-refractivity contribution in [1.29, 1.82) is 0 Å². The average molecular weight is 325 g/mol. The van der Waals surface area contributed by atoms with Crippen molar-refractivity contribution < 1.29 is 9.13 Å². The summed E-state index contributed by atoms with van der Waals surface area (Å²) in [7, 11) is 1.87. The number of hydrogen-bond acceptors (Lipinski definition) is 3. The molecule has 2 aromatic rings. The number of nitrogens with zero attached hydrogens (tertiary/aromatic N) is 1. The summed E-state index contributed by atoms with van der Waals surface area (Å²) < 4.78 is 19.3. The maximum atomic E-state index is 13.2. The molecule has 3 nitrogen and oxygen atoms in total. The van der Waals surface area contributed by atoms with Gasteiger partial charge in [0.15, 0.2) is 0 Å². The Morgan fingerprint density at radius 1 is 1.37 bits per heavy atom. The molecule has 2 rings (SSSR count). The van der Waals surface area contributed by atoms with Gasteiger partial charge >= 0.3 is 0 Å². The van der Waals surface area contributed by atoms with Crippen LogP contribution in [-0.4, -0.2) is 12.0 Å². The first-order chi connectivity index (χ1) is 9.11. The molecule has 1 aromatic carbocycles. The van der Waals surface area contributed by atoms with Crippen LogP contribution < -0.4 is 10.1 Å². The molecule has 0 spiro atoms. The lowest BCUT2D eigenvalue weighted by molar-refractivity contribution is 0.445. The molecule has 1 heterocycles. The molecule has 0 bridgehead atoms. The molecular formula is C14H14BrFN2O. The molecule has 0 saturated heterocycles. The van der Waals surface area contributed by atoms with E-state index in [2.05, 4.69) is 26.2 Å². The summed E-state index contributed by atoms with van der Waals surface area (Å²) in [5.74, 6) is 0.733. The molecule has 0 aliphatic heterocycles. The van der Waals surface area contributed by atoms with E-state index >= 15 is 0 Å². The normalized spacial score (nSPS) is 12.2. The number of nitrogens with one attached hydrogen (secondary N) is 1. The summed E-state index contributed by atoms with van der Waals surface area (Å²) in [6.45, 7) is 2.02. The van der Waals surface area contributed by atoms with Gasteiger partial charge in [-0.1, -0.05) is 6.07 Å². The number of halogens is 2. The quantitative estimate of drug-likeness (QED) is 0.921. The molecule has 1 N–H and O–H groups in total. The molecule has 5 heteroatoms. The molecule has 0 aliphatic carbocycles. The Labute approximate surface area is 119 Å². The molecule has 0 radical (unpaired) electrons. The lowest BCUT2D eigenvalue weighted by atomic mass is 10.1. The Bertz CT molecular complexity index is 577. The summed E-state index contributed by atoms with van der Waals surface area (Å²) in [5.41, 5.74) is 0.949. The van der Waals surface area contributed by atoms with Gasteiger partial charge in [-0.2, -0.15) is 0 Å². The van der Waals surface area contributed by atoms with E-state index in [-0.39, 0.29) is 11.9 Å². The van der Waals surface area contributed by atoms with E-state index in [9.17, 15) is 4.39 Å². The van der Waals surface area contributed by atoms with E-state index in [4.69, 9.17) is 4.74 Å². The molecule has 0 aliphatic rings. The van der Waals surface area contributed by atoms with Crippen LogP contribution in [0.5, 0.6) is 11.6 Å². The van der Waals surface area contributed by atoms with Crippen molar-refractivity contribution in [3.8, 4) is 11.6 Å². The fraction of sp³-hybridized carbons (Fsp3) is 0.214. The number of benzene rings is 1. The highest BCUT2D eigenvalue weighted by atomic mass is 79.9. The fourth-order valence-electron chi connectivity index (χ4n) is 1.63. The second kappa shape index (κ2) is 6.12. The van der Waals surface area contributed by atoms with E-state index < -0.39 is 0 Å². The predicted molar refractivity (Wildman–Crippen MR) is 75.9 cm³/mol. The SMILES string of the molecule is CNC(C)c1cccnc1Oc1ccc(F)c(Br)c1. The van der Waals surface area contributed by atoms with Crippen LogP contribution >= 0.6 is 15.9 Å². The monoisotopic (exact) mass is 324 g/mol. The van der Waals surface area contributed by atoms with Gasteiger partial charge in [-0.05, 0) is 54.2 Å². The third kappa shape index (κ3) is 3.30. The molecule has 100 valence electrons. The van der Waals surface area contributed by atoms with Crippen LogP contribution in [-0.2, 0) is 0 Å². The maximum absolute atomic E-state index is 13.2. The summed E-state index contributed by atoms with van der Waals surface area (Å²) in [5, 5.41) is 3.14. The molecule has 0 amide bonds. The first-order valence-electron chi connectivity index (χ1n) is 5.87. The summed E-state index contributed by atoms with van der Waals surface area (Å²) in [6, 6.07) is 8.43. The number of hydrogen-bond donors (Lipinski definition) is 1. The minimum Gasteiger partial charge on any atom is -0.439 e. The van der Waals surface area contributed by atoms with Crippen LogP contribution in [0.4, 0.5) is 4.39 Å². The van der Waals surface area contributed by atoms with Crippen molar-refractivity contribution in [1.82, 2.24) is 10.3 Å². The Morgan fingerprint density at radius 2 is 2.16 bits per heavy atom. The van der Waals surface area contributed by atoms with Crippen molar-refractivity contribution >= 4 is 15.9 Å². The predicted octanol–water partition coefficient (Wildman–Crippen LogP) is 4.06. The Hall–Kier alpha value is -1.46. The van der Waals surface area contributed by atoms with Crippen LogP contribution in [0.2, 0.25) is 0 Å².